The van der Waals surface area contributed by atoms with Gasteiger partial charge in [0.2, 0.25) is 0 Å². The molecule has 0 amide bonds. The zero-order chi connectivity index (χ0) is 14.7. The molecule has 0 unspecified atom stereocenters. The third-order valence-electron chi connectivity index (χ3n) is 2.88. The summed E-state index contributed by atoms with van der Waals surface area (Å²) in [4.78, 5) is 0. The minimum absolute atomic E-state index is 0.104. The van der Waals surface area contributed by atoms with Gasteiger partial charge in [0.25, 0.3) is 5.88 Å². The van der Waals surface area contributed by atoms with Gasteiger partial charge in [0.15, 0.2) is 5.75 Å². The van der Waals surface area contributed by atoms with Crippen LogP contribution in [0.5, 0.6) is 11.6 Å². The molecule has 1 aromatic carbocycles. The number of nitriles is 2. The number of benzene rings is 1. The summed E-state index contributed by atoms with van der Waals surface area (Å²) in [6.45, 7) is 3.54. The molecule has 98 valence electrons. The van der Waals surface area contributed by atoms with E-state index >= 15 is 0 Å². The molecular weight excluding hydrogens is 254 g/mol. The third-order valence-corrected chi connectivity index (χ3v) is 2.88. The first-order chi connectivity index (χ1) is 9.56. The van der Waals surface area contributed by atoms with Crippen molar-refractivity contribution < 1.29 is 4.74 Å². The van der Waals surface area contributed by atoms with E-state index in [1.165, 1.54) is 6.07 Å². The Labute approximate surface area is 116 Å². The van der Waals surface area contributed by atoms with Crippen LogP contribution in [0.1, 0.15) is 22.4 Å². The molecule has 0 saturated heterocycles. The minimum Gasteiger partial charge on any atom is -0.434 e. The summed E-state index contributed by atoms with van der Waals surface area (Å²) in [5, 5.41) is 25.8. The SMILES string of the molecule is Cc1nnc(Oc2ccc(C#N)cc2N)c(C#N)c1C. The number of hydrogen-bond acceptors (Lipinski definition) is 6. The molecule has 2 rings (SSSR count). The van der Waals surface area contributed by atoms with Crippen molar-refractivity contribution in [3.8, 4) is 23.8 Å². The molecule has 0 bridgehead atoms. The van der Waals surface area contributed by atoms with Gasteiger partial charge in [-0.1, -0.05) is 0 Å². The molecular formula is C14H11N5O. The van der Waals surface area contributed by atoms with Crippen LogP contribution in [0.25, 0.3) is 0 Å². The minimum atomic E-state index is 0.104. The largest absolute Gasteiger partial charge is 0.434 e. The molecule has 0 spiro atoms. The zero-order valence-corrected chi connectivity index (χ0v) is 11.0. The van der Waals surface area contributed by atoms with Crippen LogP contribution in [0.3, 0.4) is 0 Å². The third kappa shape index (κ3) is 2.36. The average Bonchev–Trinajstić information content (AvgIpc) is 2.45. The maximum absolute atomic E-state index is 9.18. The van der Waals surface area contributed by atoms with Gasteiger partial charge in [0.05, 0.1) is 23.0 Å². The lowest BCUT2D eigenvalue weighted by Gasteiger charge is -2.10. The Bertz CT molecular complexity index is 755. The maximum atomic E-state index is 9.18. The van der Waals surface area contributed by atoms with Gasteiger partial charge in [-0.15, -0.1) is 5.10 Å². The van der Waals surface area contributed by atoms with Crippen molar-refractivity contribution in [3.05, 3.63) is 40.6 Å². The number of hydrogen-bond donors (Lipinski definition) is 1. The highest BCUT2D eigenvalue weighted by Gasteiger charge is 2.14. The molecule has 1 heterocycles. The Morgan fingerprint density at radius 2 is 1.90 bits per heavy atom. The summed E-state index contributed by atoms with van der Waals surface area (Å²) < 4.78 is 5.54. The van der Waals surface area contributed by atoms with E-state index in [9.17, 15) is 5.26 Å². The van der Waals surface area contributed by atoms with Gasteiger partial charge in [-0.25, -0.2) is 0 Å². The fourth-order valence-electron chi connectivity index (χ4n) is 1.60. The highest BCUT2D eigenvalue weighted by Crippen LogP contribution is 2.29. The molecule has 0 aliphatic heterocycles. The predicted molar refractivity (Wildman–Crippen MR) is 71.9 cm³/mol. The smallest absolute Gasteiger partial charge is 0.257 e. The molecule has 0 atom stereocenters. The van der Waals surface area contributed by atoms with Gasteiger partial charge in [0.1, 0.15) is 11.6 Å². The van der Waals surface area contributed by atoms with Crippen LogP contribution in [0.4, 0.5) is 5.69 Å². The molecule has 0 saturated carbocycles. The summed E-state index contributed by atoms with van der Waals surface area (Å²) >= 11 is 0. The summed E-state index contributed by atoms with van der Waals surface area (Å²) in [6, 6.07) is 8.66. The Hall–Kier alpha value is -3.12. The Morgan fingerprint density at radius 3 is 2.50 bits per heavy atom. The van der Waals surface area contributed by atoms with Crippen LogP contribution in [0, 0.1) is 36.5 Å². The Balaban J connectivity index is 2.44. The van der Waals surface area contributed by atoms with Crippen molar-refractivity contribution in [1.82, 2.24) is 10.2 Å². The molecule has 6 heteroatoms. The lowest BCUT2D eigenvalue weighted by molar-refractivity contribution is 0.454. The molecule has 0 aliphatic rings. The number of nitrogens with two attached hydrogens (primary N) is 1. The van der Waals surface area contributed by atoms with E-state index < -0.39 is 0 Å². The van der Waals surface area contributed by atoms with Gasteiger partial charge < -0.3 is 10.5 Å². The molecule has 0 fully saturated rings. The van der Waals surface area contributed by atoms with Crippen LogP contribution < -0.4 is 10.5 Å². The second-order valence-corrected chi connectivity index (χ2v) is 4.17. The van der Waals surface area contributed by atoms with E-state index in [4.69, 9.17) is 15.7 Å². The quantitative estimate of drug-likeness (QED) is 0.834. The molecule has 2 N–H and O–H groups in total. The van der Waals surface area contributed by atoms with E-state index in [-0.39, 0.29) is 5.88 Å². The lowest BCUT2D eigenvalue weighted by atomic mass is 10.1. The van der Waals surface area contributed by atoms with Gasteiger partial charge in [0, 0.05) is 0 Å². The summed E-state index contributed by atoms with van der Waals surface area (Å²) in [5.41, 5.74) is 8.23. The highest BCUT2D eigenvalue weighted by molar-refractivity contribution is 5.58. The molecule has 6 nitrogen and oxygen atoms in total. The topological polar surface area (TPSA) is 109 Å². The van der Waals surface area contributed by atoms with E-state index in [2.05, 4.69) is 10.2 Å². The summed E-state index contributed by atoms with van der Waals surface area (Å²) in [7, 11) is 0. The number of anilines is 1. The lowest BCUT2D eigenvalue weighted by Crippen LogP contribution is -2.02. The van der Waals surface area contributed by atoms with Crippen LogP contribution >= 0.6 is 0 Å². The van der Waals surface area contributed by atoms with Crippen LogP contribution in [-0.2, 0) is 0 Å². The number of aromatic nitrogens is 2. The average molecular weight is 265 g/mol. The number of nitrogens with zero attached hydrogens (tertiary/aromatic N) is 4. The standard InChI is InChI=1S/C14H11N5O/c1-8-9(2)18-19-14(11(8)7-16)20-13-4-3-10(6-15)5-12(13)17/h3-5H,17H2,1-2H3. The fourth-order valence-corrected chi connectivity index (χ4v) is 1.60. The molecule has 0 aliphatic carbocycles. The first-order valence-electron chi connectivity index (χ1n) is 5.78. The second-order valence-electron chi connectivity index (χ2n) is 4.17. The van der Waals surface area contributed by atoms with Crippen molar-refractivity contribution in [1.29, 1.82) is 10.5 Å². The zero-order valence-electron chi connectivity index (χ0n) is 11.0. The van der Waals surface area contributed by atoms with Crippen LogP contribution in [0.2, 0.25) is 0 Å². The number of ether oxygens (including phenoxy) is 1. The first kappa shape index (κ1) is 13.3. The van der Waals surface area contributed by atoms with Crippen molar-refractivity contribution in [2.24, 2.45) is 0 Å². The van der Waals surface area contributed by atoms with Gasteiger partial charge in [-0.05, 0) is 37.6 Å². The van der Waals surface area contributed by atoms with Gasteiger partial charge in [-0.2, -0.15) is 15.6 Å². The summed E-state index contributed by atoms with van der Waals surface area (Å²) in [6.07, 6.45) is 0. The number of aryl methyl sites for hydroxylation is 1. The fraction of sp³-hybridized carbons (Fsp3) is 0.143. The molecule has 0 radical (unpaired) electrons. The monoisotopic (exact) mass is 265 g/mol. The first-order valence-corrected chi connectivity index (χ1v) is 5.78. The van der Waals surface area contributed by atoms with Crippen molar-refractivity contribution in [3.63, 3.8) is 0 Å². The second kappa shape index (κ2) is 5.25. The molecule has 1 aromatic heterocycles. The van der Waals surface area contributed by atoms with Crippen molar-refractivity contribution in [2.75, 3.05) is 5.73 Å². The van der Waals surface area contributed by atoms with Crippen LogP contribution in [-0.4, -0.2) is 10.2 Å². The Morgan fingerprint density at radius 1 is 1.15 bits per heavy atom. The molecule has 20 heavy (non-hydrogen) atoms. The normalized spacial score (nSPS) is 9.60. The molecule has 2 aromatic rings. The highest BCUT2D eigenvalue weighted by atomic mass is 16.5. The van der Waals surface area contributed by atoms with E-state index in [0.29, 0.717) is 33.8 Å². The summed E-state index contributed by atoms with van der Waals surface area (Å²) in [5.74, 6) is 0.435. The number of rotatable bonds is 2. The van der Waals surface area contributed by atoms with Crippen molar-refractivity contribution >= 4 is 5.69 Å². The van der Waals surface area contributed by atoms with E-state index in [1.807, 2.05) is 12.1 Å². The number of nitrogen functional groups attached to an aromatic ring is 1. The van der Waals surface area contributed by atoms with Crippen molar-refractivity contribution in [2.45, 2.75) is 13.8 Å². The predicted octanol–water partition coefficient (Wildman–Crippen LogP) is 2.21. The van der Waals surface area contributed by atoms with E-state index in [0.717, 1.165) is 0 Å². The van der Waals surface area contributed by atoms with E-state index in [1.54, 1.807) is 26.0 Å². The van der Waals surface area contributed by atoms with Gasteiger partial charge >= 0.3 is 0 Å². The van der Waals surface area contributed by atoms with Crippen LogP contribution in [0.15, 0.2) is 18.2 Å². The maximum Gasteiger partial charge on any atom is 0.257 e. The van der Waals surface area contributed by atoms with Gasteiger partial charge in [-0.3, -0.25) is 0 Å². The Kier molecular flexibility index (Phi) is 3.49.